The quantitative estimate of drug-likeness (QED) is 0.212. The van der Waals surface area contributed by atoms with Gasteiger partial charge in [0.2, 0.25) is 0 Å². The van der Waals surface area contributed by atoms with E-state index in [1.54, 1.807) is 15.2 Å². The molecule has 0 heterocycles. The number of non-ortho nitro benzene ring substituents is 1. The molecule has 0 aromatic heterocycles. The highest BCUT2D eigenvalue weighted by atomic mass is 127. The lowest BCUT2D eigenvalue weighted by molar-refractivity contribution is -0.384. The summed E-state index contributed by atoms with van der Waals surface area (Å²) < 4.78 is 7.56. The van der Waals surface area contributed by atoms with Gasteiger partial charge in [-0.1, -0.05) is 17.7 Å². The summed E-state index contributed by atoms with van der Waals surface area (Å²) in [6.45, 7) is 2.05. The Bertz CT molecular complexity index is 436. The first kappa shape index (κ1) is 17.0. The van der Waals surface area contributed by atoms with Crippen LogP contribution in [0.4, 0.5) is 5.69 Å². The van der Waals surface area contributed by atoms with Crippen LogP contribution in [0.15, 0.2) is 18.2 Å². The van der Waals surface area contributed by atoms with Crippen molar-refractivity contribution in [3.63, 3.8) is 0 Å². The molecule has 0 aliphatic rings. The van der Waals surface area contributed by atoms with E-state index in [-0.39, 0.29) is 5.69 Å². The largest absolute Gasteiger partial charge is 0.380 e. The van der Waals surface area contributed by atoms with E-state index in [1.165, 1.54) is 12.1 Å². The average molecular weight is 417 g/mol. The maximum absolute atomic E-state index is 10.6. The van der Waals surface area contributed by atoms with Gasteiger partial charge in [0.25, 0.3) is 5.69 Å². The van der Waals surface area contributed by atoms with Gasteiger partial charge in [-0.15, -0.1) is 0 Å². The summed E-state index contributed by atoms with van der Waals surface area (Å²) in [7, 11) is 3.62. The molecule has 0 saturated carbocycles. The van der Waals surface area contributed by atoms with Gasteiger partial charge in [-0.25, -0.2) is 4.31 Å². The lowest BCUT2D eigenvalue weighted by atomic mass is 10.1. The summed E-state index contributed by atoms with van der Waals surface area (Å²) in [5, 5.41) is 11.0. The Kier molecular flexibility index (Phi) is 8.00. The topological polar surface area (TPSA) is 55.6 Å². The van der Waals surface area contributed by atoms with Gasteiger partial charge in [0.05, 0.1) is 23.2 Å². The molecule has 0 aliphatic carbocycles. The van der Waals surface area contributed by atoms with E-state index in [2.05, 4.69) is 25.5 Å². The van der Waals surface area contributed by atoms with Crippen molar-refractivity contribution in [3.05, 3.63) is 38.9 Å². The van der Waals surface area contributed by atoms with Crippen LogP contribution in [-0.2, 0) is 11.2 Å². The van der Waals surface area contributed by atoms with Crippen LogP contribution in [0.2, 0.25) is 5.02 Å². The summed E-state index contributed by atoms with van der Waals surface area (Å²) in [4.78, 5) is 10.1. The predicted molar refractivity (Wildman–Crippen MR) is 86.9 cm³/mol. The van der Waals surface area contributed by atoms with Crippen molar-refractivity contribution in [1.29, 1.82) is 0 Å². The summed E-state index contributed by atoms with van der Waals surface area (Å²) in [5.41, 5.74) is 0.874. The zero-order valence-corrected chi connectivity index (χ0v) is 14.1. The predicted octanol–water partition coefficient (Wildman–Crippen LogP) is 3.74. The van der Waals surface area contributed by atoms with Crippen molar-refractivity contribution in [2.75, 3.05) is 26.8 Å². The molecule has 0 aliphatic heterocycles. The number of hydrogen-bond acceptors (Lipinski definition) is 5. The second-order valence-electron chi connectivity index (χ2n) is 3.82. The molecule has 1 aromatic rings. The third-order valence-electron chi connectivity index (χ3n) is 2.43. The standard InChI is InChI=1S/C11H14ClIN2O3S/c1-14(19-13)5-7-18-6-4-9-2-3-10(15(16)17)8-11(9)12/h2-3,8H,4-7H2,1H3. The molecule has 0 radical (unpaired) electrons. The van der Waals surface area contributed by atoms with E-state index in [0.29, 0.717) is 24.7 Å². The van der Waals surface area contributed by atoms with E-state index in [4.69, 9.17) is 16.3 Å². The summed E-state index contributed by atoms with van der Waals surface area (Å²) in [5.74, 6) is 0. The summed E-state index contributed by atoms with van der Waals surface area (Å²) >= 11 is 8.20. The maximum Gasteiger partial charge on any atom is 0.270 e. The lowest BCUT2D eigenvalue weighted by Crippen LogP contribution is -2.15. The third kappa shape index (κ3) is 6.26. The second-order valence-corrected chi connectivity index (χ2v) is 6.17. The fourth-order valence-corrected chi connectivity index (χ4v) is 2.37. The monoisotopic (exact) mass is 416 g/mol. The highest BCUT2D eigenvalue weighted by Crippen LogP contribution is 2.22. The number of nitro benzene ring substituents is 1. The fraction of sp³-hybridized carbons (Fsp3) is 0.455. The molecule has 0 bridgehead atoms. The molecule has 0 amide bonds. The van der Waals surface area contributed by atoms with Gasteiger partial charge in [-0.3, -0.25) is 10.1 Å². The SMILES string of the molecule is CN(CCOCCc1ccc([N+](=O)[O-])cc1Cl)SI. The van der Waals surface area contributed by atoms with E-state index in [9.17, 15) is 10.1 Å². The maximum atomic E-state index is 10.6. The van der Waals surface area contributed by atoms with Gasteiger partial charge < -0.3 is 4.74 Å². The summed E-state index contributed by atoms with van der Waals surface area (Å²) in [6, 6.07) is 4.51. The first-order chi connectivity index (χ1) is 9.04. The number of benzene rings is 1. The molecule has 0 atom stereocenters. The van der Waals surface area contributed by atoms with Crippen molar-refractivity contribution in [1.82, 2.24) is 4.31 Å². The van der Waals surface area contributed by atoms with E-state index in [1.807, 2.05) is 7.05 Å². The lowest BCUT2D eigenvalue weighted by Gasteiger charge is -2.11. The number of likely N-dealkylation sites (N-methyl/N-ethyl adjacent to an activating group) is 1. The molecule has 106 valence electrons. The Hall–Kier alpha value is -0.0900. The zero-order valence-electron chi connectivity index (χ0n) is 10.3. The molecule has 0 unspecified atom stereocenters. The molecule has 8 heteroatoms. The van der Waals surface area contributed by atoms with E-state index >= 15 is 0 Å². The van der Waals surface area contributed by atoms with E-state index < -0.39 is 4.92 Å². The van der Waals surface area contributed by atoms with Crippen LogP contribution in [0.25, 0.3) is 0 Å². The van der Waals surface area contributed by atoms with Crippen molar-refractivity contribution < 1.29 is 9.66 Å². The number of nitrogens with zero attached hydrogens (tertiary/aromatic N) is 2. The molecule has 0 saturated heterocycles. The molecule has 0 fully saturated rings. The van der Waals surface area contributed by atoms with Crippen molar-refractivity contribution in [2.45, 2.75) is 6.42 Å². The number of hydrogen-bond donors (Lipinski definition) is 0. The second kappa shape index (κ2) is 8.96. The Balaban J connectivity index is 2.35. The number of rotatable bonds is 8. The smallest absolute Gasteiger partial charge is 0.270 e. The molecule has 0 spiro atoms. The third-order valence-corrected chi connectivity index (χ3v) is 5.22. The highest BCUT2D eigenvalue weighted by Gasteiger charge is 2.09. The number of nitro groups is 1. The van der Waals surface area contributed by atoms with Gasteiger partial charge in [0.1, 0.15) is 0 Å². The van der Waals surface area contributed by atoms with E-state index in [0.717, 1.165) is 12.1 Å². The van der Waals surface area contributed by atoms with Gasteiger partial charge in [-0.05, 0) is 28.2 Å². The molecule has 19 heavy (non-hydrogen) atoms. The van der Waals surface area contributed by atoms with Crippen molar-refractivity contribution in [3.8, 4) is 0 Å². The average Bonchev–Trinajstić information content (AvgIpc) is 2.39. The van der Waals surface area contributed by atoms with Gasteiger partial charge >= 0.3 is 0 Å². The normalized spacial score (nSPS) is 10.9. The molecule has 0 N–H and O–H groups in total. The van der Waals surface area contributed by atoms with Crippen LogP contribution < -0.4 is 0 Å². The van der Waals surface area contributed by atoms with Crippen LogP contribution in [-0.4, -0.2) is 36.0 Å². The van der Waals surface area contributed by atoms with Crippen molar-refractivity contribution >= 4 is 47.6 Å². The Morgan fingerprint density at radius 3 is 2.84 bits per heavy atom. The van der Waals surface area contributed by atoms with Crippen LogP contribution in [0.5, 0.6) is 0 Å². The Morgan fingerprint density at radius 2 is 2.26 bits per heavy atom. The molecular weight excluding hydrogens is 403 g/mol. The van der Waals surface area contributed by atoms with Gasteiger partial charge in [-0.2, -0.15) is 0 Å². The van der Waals surface area contributed by atoms with Crippen LogP contribution in [0.3, 0.4) is 0 Å². The minimum Gasteiger partial charge on any atom is -0.380 e. The zero-order chi connectivity index (χ0) is 14.3. The number of ether oxygens (including phenoxy) is 1. The fourth-order valence-electron chi connectivity index (χ4n) is 1.36. The molecule has 5 nitrogen and oxygen atoms in total. The van der Waals surface area contributed by atoms with Crippen LogP contribution in [0, 0.1) is 10.1 Å². The molecule has 1 rings (SSSR count). The van der Waals surface area contributed by atoms with Crippen molar-refractivity contribution in [2.24, 2.45) is 0 Å². The Morgan fingerprint density at radius 1 is 1.53 bits per heavy atom. The molecule has 1 aromatic carbocycles. The Labute approximate surface area is 133 Å². The number of halogens is 2. The molecular formula is C11H14ClIN2O3S. The van der Waals surface area contributed by atoms with Gasteiger partial charge in [0.15, 0.2) is 0 Å². The van der Waals surface area contributed by atoms with Crippen LogP contribution in [0.1, 0.15) is 5.56 Å². The first-order valence-electron chi connectivity index (χ1n) is 5.55. The minimum absolute atomic E-state index is 0.00960. The first-order valence-corrected chi connectivity index (χ1v) is 9.24. The summed E-state index contributed by atoms with van der Waals surface area (Å²) in [6.07, 6.45) is 0.651. The van der Waals surface area contributed by atoms with Crippen LogP contribution >= 0.6 is 41.9 Å². The van der Waals surface area contributed by atoms with Gasteiger partial charge in [0, 0.05) is 39.9 Å². The minimum atomic E-state index is -0.455. The highest BCUT2D eigenvalue weighted by molar-refractivity contribution is 14.2.